The van der Waals surface area contributed by atoms with E-state index in [1.165, 1.54) is 9.13 Å². The molecule has 0 saturated carbocycles. The third-order valence-electron chi connectivity index (χ3n) is 2.94. The summed E-state index contributed by atoms with van der Waals surface area (Å²) in [7, 11) is 0. The third-order valence-corrected chi connectivity index (χ3v) is 3.89. The lowest BCUT2D eigenvalue weighted by atomic mass is 9.93. The number of rotatable bonds is 4. The van der Waals surface area contributed by atoms with Gasteiger partial charge in [-0.05, 0) is 64.4 Å². The molecule has 1 nitrogen and oxygen atoms in total. The smallest absolute Gasteiger partial charge is 0.0502 e. The van der Waals surface area contributed by atoms with Gasteiger partial charge < -0.3 is 5.11 Å². The molecule has 3 heteroatoms. The van der Waals surface area contributed by atoms with Gasteiger partial charge in [0.05, 0.1) is 6.61 Å². The van der Waals surface area contributed by atoms with Crippen molar-refractivity contribution in [1.29, 1.82) is 0 Å². The van der Waals surface area contributed by atoms with Crippen LogP contribution in [0.15, 0.2) is 48.5 Å². The highest BCUT2D eigenvalue weighted by Gasteiger charge is 2.11. The van der Waals surface area contributed by atoms with Gasteiger partial charge in [-0.15, -0.1) is 0 Å². The average molecular weight is 373 g/mol. The van der Waals surface area contributed by atoms with Crippen molar-refractivity contribution in [2.45, 2.75) is 12.3 Å². The maximum atomic E-state index is 9.54. The highest BCUT2D eigenvalue weighted by molar-refractivity contribution is 14.1. The van der Waals surface area contributed by atoms with Crippen molar-refractivity contribution in [3.63, 3.8) is 0 Å². The van der Waals surface area contributed by atoms with Crippen LogP contribution in [0.4, 0.5) is 0 Å². The molecule has 0 bridgehead atoms. The fourth-order valence-corrected chi connectivity index (χ4v) is 2.51. The molecule has 18 heavy (non-hydrogen) atoms. The first kappa shape index (κ1) is 13.8. The Morgan fingerprint density at radius 1 is 1.11 bits per heavy atom. The molecule has 0 spiro atoms. The zero-order valence-electron chi connectivity index (χ0n) is 9.81. The summed E-state index contributed by atoms with van der Waals surface area (Å²) in [4.78, 5) is 0. The summed E-state index contributed by atoms with van der Waals surface area (Å²) in [5.74, 6) is 0.101. The molecule has 0 amide bonds. The summed E-state index contributed by atoms with van der Waals surface area (Å²) < 4.78 is 1.22. The molecule has 2 aromatic rings. The maximum absolute atomic E-state index is 9.54. The van der Waals surface area contributed by atoms with Gasteiger partial charge in [-0.1, -0.05) is 35.9 Å². The molecule has 0 heterocycles. The van der Waals surface area contributed by atoms with Crippen LogP contribution in [0.1, 0.15) is 17.0 Å². The lowest BCUT2D eigenvalue weighted by molar-refractivity contribution is 0.264. The minimum absolute atomic E-state index is 0.101. The molecule has 1 unspecified atom stereocenters. The van der Waals surface area contributed by atoms with Crippen LogP contribution < -0.4 is 0 Å². The van der Waals surface area contributed by atoms with Crippen molar-refractivity contribution in [3.8, 4) is 0 Å². The monoisotopic (exact) mass is 372 g/mol. The van der Waals surface area contributed by atoms with Crippen molar-refractivity contribution < 1.29 is 5.11 Å². The molecule has 94 valence electrons. The summed E-state index contributed by atoms with van der Waals surface area (Å²) in [6, 6.07) is 16.1. The van der Waals surface area contributed by atoms with E-state index in [1.54, 1.807) is 0 Å². The van der Waals surface area contributed by atoms with Crippen LogP contribution in [0.25, 0.3) is 0 Å². The van der Waals surface area contributed by atoms with Crippen LogP contribution in [-0.2, 0) is 6.42 Å². The molecule has 2 aromatic carbocycles. The van der Waals surface area contributed by atoms with Gasteiger partial charge in [0.15, 0.2) is 0 Å². The van der Waals surface area contributed by atoms with Gasteiger partial charge in [0.2, 0.25) is 0 Å². The molecule has 1 N–H and O–H groups in total. The molecule has 0 radical (unpaired) electrons. The van der Waals surface area contributed by atoms with Gasteiger partial charge in [-0.25, -0.2) is 0 Å². The quantitative estimate of drug-likeness (QED) is 0.795. The van der Waals surface area contributed by atoms with Crippen molar-refractivity contribution in [2.75, 3.05) is 6.61 Å². The second-order valence-corrected chi connectivity index (χ2v) is 5.95. The Labute approximate surface area is 126 Å². The molecule has 0 saturated heterocycles. The van der Waals surface area contributed by atoms with E-state index in [0.717, 1.165) is 12.0 Å². The molecular formula is C15H14ClIO. The van der Waals surface area contributed by atoms with E-state index in [1.807, 2.05) is 24.3 Å². The number of aliphatic hydroxyl groups is 1. The Morgan fingerprint density at radius 2 is 1.83 bits per heavy atom. The molecular weight excluding hydrogens is 359 g/mol. The van der Waals surface area contributed by atoms with Crippen molar-refractivity contribution in [1.82, 2.24) is 0 Å². The highest BCUT2D eigenvalue weighted by atomic mass is 127. The largest absolute Gasteiger partial charge is 0.396 e. The van der Waals surface area contributed by atoms with E-state index < -0.39 is 0 Å². The second kappa shape index (κ2) is 6.55. The van der Waals surface area contributed by atoms with E-state index in [0.29, 0.717) is 5.02 Å². The van der Waals surface area contributed by atoms with Crippen LogP contribution in [0.3, 0.4) is 0 Å². The second-order valence-electron chi connectivity index (χ2n) is 4.27. The standard InChI is InChI=1S/C15H14ClIO/c16-14-3-1-2-12(9-14)13(10-18)8-11-4-6-15(17)7-5-11/h1-7,9,13,18H,8,10H2. The van der Waals surface area contributed by atoms with Gasteiger partial charge >= 0.3 is 0 Å². The van der Waals surface area contributed by atoms with Crippen LogP contribution in [0, 0.1) is 3.57 Å². The van der Waals surface area contributed by atoms with E-state index in [2.05, 4.69) is 46.9 Å². The first-order valence-corrected chi connectivity index (χ1v) is 7.25. The normalized spacial score (nSPS) is 12.4. The zero-order chi connectivity index (χ0) is 13.0. The van der Waals surface area contributed by atoms with Crippen LogP contribution in [0.2, 0.25) is 5.02 Å². The topological polar surface area (TPSA) is 20.2 Å². The molecule has 0 aliphatic heterocycles. The van der Waals surface area contributed by atoms with Crippen molar-refractivity contribution >= 4 is 34.2 Å². The SMILES string of the molecule is OCC(Cc1ccc(I)cc1)c1cccc(Cl)c1. The third kappa shape index (κ3) is 3.70. The molecule has 0 aliphatic rings. The van der Waals surface area contributed by atoms with E-state index in [4.69, 9.17) is 11.6 Å². The summed E-state index contributed by atoms with van der Waals surface area (Å²) in [6.07, 6.45) is 0.827. The number of halogens is 2. The Morgan fingerprint density at radius 3 is 2.44 bits per heavy atom. The minimum atomic E-state index is 0.101. The first-order chi connectivity index (χ1) is 8.69. The lowest BCUT2D eigenvalue weighted by Gasteiger charge is -2.15. The Kier molecular flexibility index (Phi) is 5.03. The molecule has 1 atom stereocenters. The number of hydrogen-bond donors (Lipinski definition) is 1. The summed E-state index contributed by atoms with van der Waals surface area (Å²) >= 11 is 8.28. The molecule has 0 aromatic heterocycles. The first-order valence-electron chi connectivity index (χ1n) is 5.80. The molecule has 0 fully saturated rings. The maximum Gasteiger partial charge on any atom is 0.0502 e. The van der Waals surface area contributed by atoms with Gasteiger partial charge in [0, 0.05) is 14.5 Å². The van der Waals surface area contributed by atoms with Crippen LogP contribution >= 0.6 is 34.2 Å². The predicted molar refractivity (Wildman–Crippen MR) is 84.1 cm³/mol. The minimum Gasteiger partial charge on any atom is -0.396 e. The van der Waals surface area contributed by atoms with Crippen LogP contribution in [-0.4, -0.2) is 11.7 Å². The molecule has 0 aliphatic carbocycles. The van der Waals surface area contributed by atoms with Crippen molar-refractivity contribution in [3.05, 3.63) is 68.3 Å². The van der Waals surface area contributed by atoms with Gasteiger partial charge in [-0.2, -0.15) is 0 Å². The fraction of sp³-hybridized carbons (Fsp3) is 0.200. The van der Waals surface area contributed by atoms with E-state index >= 15 is 0 Å². The fourth-order valence-electron chi connectivity index (χ4n) is 1.95. The Hall–Kier alpha value is -0.580. The summed E-state index contributed by atoms with van der Waals surface area (Å²) in [5.41, 5.74) is 2.32. The van der Waals surface area contributed by atoms with Gasteiger partial charge in [0.1, 0.15) is 0 Å². The Balaban J connectivity index is 2.17. The van der Waals surface area contributed by atoms with Crippen molar-refractivity contribution in [2.24, 2.45) is 0 Å². The summed E-state index contributed by atoms with van der Waals surface area (Å²) in [5, 5.41) is 10.3. The zero-order valence-corrected chi connectivity index (χ0v) is 12.7. The number of aliphatic hydroxyl groups excluding tert-OH is 1. The number of hydrogen-bond acceptors (Lipinski definition) is 1. The average Bonchev–Trinajstić information content (AvgIpc) is 2.38. The van der Waals surface area contributed by atoms with Crippen LogP contribution in [0.5, 0.6) is 0 Å². The summed E-state index contributed by atoms with van der Waals surface area (Å²) in [6.45, 7) is 0.131. The van der Waals surface area contributed by atoms with Gasteiger partial charge in [-0.3, -0.25) is 0 Å². The molecule has 2 rings (SSSR count). The number of benzene rings is 2. The lowest BCUT2D eigenvalue weighted by Crippen LogP contribution is -2.07. The van der Waals surface area contributed by atoms with E-state index in [-0.39, 0.29) is 12.5 Å². The predicted octanol–water partition coefficient (Wildman–Crippen LogP) is 4.26. The van der Waals surface area contributed by atoms with E-state index in [9.17, 15) is 5.11 Å². The highest BCUT2D eigenvalue weighted by Crippen LogP contribution is 2.23. The Bertz CT molecular complexity index is 510. The van der Waals surface area contributed by atoms with Gasteiger partial charge in [0.25, 0.3) is 0 Å².